The van der Waals surface area contributed by atoms with Gasteiger partial charge in [0.25, 0.3) is 5.91 Å². The quantitative estimate of drug-likeness (QED) is 0.0438. The molecule has 1 aliphatic heterocycles. The van der Waals surface area contributed by atoms with Gasteiger partial charge in [-0.1, -0.05) is 178 Å². The van der Waals surface area contributed by atoms with Crippen LogP contribution in [0, 0.1) is 5.92 Å². The lowest BCUT2D eigenvalue weighted by Crippen LogP contribution is -2.60. The smallest absolute Gasteiger partial charge is 0.329 e. The van der Waals surface area contributed by atoms with E-state index in [0.29, 0.717) is 34.4 Å². The van der Waals surface area contributed by atoms with Gasteiger partial charge in [0.1, 0.15) is 48.3 Å². The number of likely N-dealkylation sites (N-methyl/N-ethyl adjacent to an activating group) is 5. The van der Waals surface area contributed by atoms with Crippen molar-refractivity contribution in [2.24, 2.45) is 11.7 Å². The van der Waals surface area contributed by atoms with Crippen LogP contribution in [-0.4, -0.2) is 209 Å². The molecule has 0 radical (unpaired) electrons. The second-order valence-electron chi connectivity index (χ2n) is 25.6. The summed E-state index contributed by atoms with van der Waals surface area (Å²) < 4.78 is 5.63. The Balaban J connectivity index is 1.58. The number of nitrogens with one attached hydrogen (secondary N) is 5. The molecule has 4 aromatic rings. The van der Waals surface area contributed by atoms with Crippen LogP contribution in [0.2, 0.25) is 0 Å². The number of rotatable bonds is 19. The molecule has 0 saturated carbocycles. The number of unbranched alkanes of at least 4 members (excludes halogenated alkanes) is 1. The maximum absolute atomic E-state index is 15.3. The Labute approximate surface area is 567 Å². The lowest BCUT2D eigenvalue weighted by atomic mass is 9.98. The maximum atomic E-state index is 15.3. The molecule has 5 rings (SSSR count). The summed E-state index contributed by atoms with van der Waals surface area (Å²) >= 11 is 0. The number of amides is 10. The van der Waals surface area contributed by atoms with Crippen LogP contribution in [0.3, 0.4) is 0 Å². The fraction of sp³-hybridized carbons (Fsp3) is 0.500. The molecule has 1 aliphatic rings. The molecule has 1 fully saturated rings. The standard InChI is InChI=1S/C70H97N11O12S2/c1-45(2)37-56-64(87)75-54(38-48-27-17-13-18-28-48)67(90)77(8)42-59(82)79(10)57(40-50-31-21-15-22-32-50)63(86)73-46(3)66(89)78(9)47(4)61(84)76-55(39-49-29-19-14-20-30-49)69(92)93-43-60(83)80(11)58(41-51-33-23-16-24-34-51)65(88)74-53(68(91)81(56)12)35-25-26-36-72-62(85)52(71)44-94-95-70(5,6)7/h13-24,27-34,45-47,52-58H,25-26,35-44,71H2,1-12H3,(H,72,85)(H,73,86)(H,74,88)(H,75,87)(H,76,84)/t46-,47-,52-,53-,54-,55-,56-,57-,58-/m0/s1. The Morgan fingerprint density at radius 2 is 1.01 bits per heavy atom. The highest BCUT2D eigenvalue weighted by molar-refractivity contribution is 8.77. The third kappa shape index (κ3) is 24.8. The van der Waals surface area contributed by atoms with E-state index in [1.54, 1.807) is 132 Å². The Bertz CT molecular complexity index is 3220. The minimum absolute atomic E-state index is 0.00929. The van der Waals surface area contributed by atoms with Crippen LogP contribution in [-0.2, 0) is 83.2 Å². The van der Waals surface area contributed by atoms with E-state index >= 15 is 14.4 Å². The molecule has 10 amide bonds. The van der Waals surface area contributed by atoms with Gasteiger partial charge in [0, 0.05) is 78.0 Å². The predicted molar refractivity (Wildman–Crippen MR) is 369 cm³/mol. The molecular formula is C70H97N11O12S2. The third-order valence-electron chi connectivity index (χ3n) is 16.3. The van der Waals surface area contributed by atoms with Crippen molar-refractivity contribution in [2.75, 3.05) is 60.7 Å². The summed E-state index contributed by atoms with van der Waals surface area (Å²) in [5.74, 6) is -7.73. The van der Waals surface area contributed by atoms with Crippen LogP contribution >= 0.6 is 21.6 Å². The second-order valence-corrected chi connectivity index (χ2v) is 28.8. The van der Waals surface area contributed by atoms with Gasteiger partial charge in [-0.25, -0.2) is 4.79 Å². The minimum Gasteiger partial charge on any atom is -0.454 e. The van der Waals surface area contributed by atoms with Gasteiger partial charge in [-0.3, -0.25) is 47.9 Å². The van der Waals surface area contributed by atoms with Crippen LogP contribution in [0.5, 0.6) is 0 Å². The van der Waals surface area contributed by atoms with Crippen LogP contribution in [0.1, 0.15) is 96.4 Å². The van der Waals surface area contributed by atoms with E-state index in [1.165, 1.54) is 69.7 Å². The average Bonchev–Trinajstić information content (AvgIpc) is 0.860. The molecular weight excluding hydrogens is 1250 g/mol. The van der Waals surface area contributed by atoms with E-state index < -0.39 is 127 Å². The molecule has 9 atom stereocenters. The lowest BCUT2D eigenvalue weighted by Gasteiger charge is -2.35. The summed E-state index contributed by atoms with van der Waals surface area (Å²) in [6, 6.07) is 24.1. The van der Waals surface area contributed by atoms with Crippen molar-refractivity contribution in [3.63, 3.8) is 0 Å². The van der Waals surface area contributed by atoms with E-state index in [2.05, 4.69) is 47.4 Å². The van der Waals surface area contributed by atoms with Gasteiger partial charge in [-0.05, 0) is 67.7 Å². The first-order valence-corrected chi connectivity index (χ1v) is 34.4. The molecule has 7 N–H and O–H groups in total. The minimum atomic E-state index is -1.40. The van der Waals surface area contributed by atoms with E-state index in [1.807, 2.05) is 13.8 Å². The van der Waals surface area contributed by atoms with Crippen molar-refractivity contribution < 1.29 is 57.5 Å². The zero-order valence-corrected chi connectivity index (χ0v) is 58.5. The molecule has 23 nitrogen and oxygen atoms in total. The largest absolute Gasteiger partial charge is 0.454 e. The molecule has 4 aromatic carbocycles. The first-order valence-electron chi connectivity index (χ1n) is 32.1. The SMILES string of the molecule is CC(C)C[C@H]1C(=O)N[C@@H](Cc2ccccc2)C(=O)N(C)CC(=O)N(C)[C@@H](Cc2ccccc2)C(=O)N[C@@H](C)C(=O)N(C)[C@@H](C)C(=O)N[C@@H](Cc2ccccc2)C(=O)OCC(=O)N(C)[C@@H](Cc2ccccc2)C(=O)N[C@@H](CCCCNC(=O)[C@@H](N)CSSC(C)(C)C)C(=O)N1C. The van der Waals surface area contributed by atoms with Crippen molar-refractivity contribution in [1.82, 2.24) is 51.1 Å². The topological polar surface area (TPSA) is 299 Å². The molecule has 516 valence electrons. The van der Waals surface area contributed by atoms with E-state index in [4.69, 9.17) is 10.5 Å². The fourth-order valence-corrected chi connectivity index (χ4v) is 12.9. The maximum Gasteiger partial charge on any atom is 0.329 e. The van der Waals surface area contributed by atoms with Crippen molar-refractivity contribution in [1.29, 1.82) is 0 Å². The van der Waals surface area contributed by atoms with Crippen LogP contribution in [0.4, 0.5) is 0 Å². The average molecular weight is 1350 g/mol. The highest BCUT2D eigenvalue weighted by atomic mass is 33.1. The van der Waals surface area contributed by atoms with Crippen LogP contribution < -0.4 is 32.3 Å². The van der Waals surface area contributed by atoms with E-state index in [9.17, 15) is 38.4 Å². The number of nitrogens with zero attached hydrogens (tertiary/aromatic N) is 5. The van der Waals surface area contributed by atoms with Gasteiger partial charge in [-0.2, -0.15) is 0 Å². The van der Waals surface area contributed by atoms with Gasteiger partial charge in [0.2, 0.25) is 53.2 Å². The highest BCUT2D eigenvalue weighted by Gasteiger charge is 2.39. The monoisotopic (exact) mass is 1350 g/mol. The summed E-state index contributed by atoms with van der Waals surface area (Å²) in [6.07, 6.45) is 0.463. The zero-order chi connectivity index (χ0) is 70.1. The number of hydrogen-bond donors (Lipinski definition) is 6. The highest BCUT2D eigenvalue weighted by Crippen LogP contribution is 2.35. The number of ether oxygens (including phenoxy) is 1. The first kappa shape index (κ1) is 77.4. The number of esters is 1. The summed E-state index contributed by atoms with van der Waals surface area (Å²) in [5, 5.41) is 14.1. The van der Waals surface area contributed by atoms with Crippen molar-refractivity contribution in [3.05, 3.63) is 144 Å². The predicted octanol–water partition coefficient (Wildman–Crippen LogP) is 4.10. The Morgan fingerprint density at radius 1 is 0.558 bits per heavy atom. The summed E-state index contributed by atoms with van der Waals surface area (Å²) in [7, 11) is 10.0. The molecule has 25 heteroatoms. The molecule has 0 aromatic heterocycles. The van der Waals surface area contributed by atoms with Crippen LogP contribution in [0.15, 0.2) is 121 Å². The van der Waals surface area contributed by atoms with Crippen molar-refractivity contribution in [3.8, 4) is 0 Å². The first-order chi connectivity index (χ1) is 45.0. The molecule has 95 heavy (non-hydrogen) atoms. The number of benzene rings is 4. The second kappa shape index (κ2) is 37.7. The fourth-order valence-electron chi connectivity index (χ4n) is 10.5. The lowest BCUT2D eigenvalue weighted by molar-refractivity contribution is -0.156. The van der Waals surface area contributed by atoms with Crippen LogP contribution in [0.25, 0.3) is 0 Å². The van der Waals surface area contributed by atoms with Crippen molar-refractivity contribution in [2.45, 2.75) is 159 Å². The number of cyclic esters (lactones) is 1. The number of carbonyl (C=O) groups excluding carboxylic acids is 11. The van der Waals surface area contributed by atoms with Gasteiger partial charge >= 0.3 is 5.97 Å². The Kier molecular flexibility index (Phi) is 30.7. The molecule has 0 aliphatic carbocycles. The Hall–Kier alpha value is -8.29. The molecule has 1 saturated heterocycles. The zero-order valence-electron chi connectivity index (χ0n) is 56.8. The summed E-state index contributed by atoms with van der Waals surface area (Å²) in [6.45, 7) is 11.5. The molecule has 0 bridgehead atoms. The van der Waals surface area contributed by atoms with Gasteiger partial charge < -0.3 is 61.6 Å². The van der Waals surface area contributed by atoms with Gasteiger partial charge in [0.05, 0.1) is 12.6 Å². The molecule has 1 heterocycles. The Morgan fingerprint density at radius 3 is 1.52 bits per heavy atom. The summed E-state index contributed by atoms with van der Waals surface area (Å²) in [4.78, 5) is 165. The number of nitrogens with two attached hydrogens (primary N) is 1. The summed E-state index contributed by atoms with van der Waals surface area (Å²) in [5.41, 5.74) is 8.82. The molecule has 0 unspecified atom stereocenters. The van der Waals surface area contributed by atoms with E-state index in [-0.39, 0.29) is 68.1 Å². The third-order valence-corrected chi connectivity index (χ3v) is 19.7. The van der Waals surface area contributed by atoms with Crippen molar-refractivity contribution >= 4 is 86.6 Å². The number of hydrogen-bond acceptors (Lipinski definition) is 15. The normalized spacial score (nSPS) is 22.4. The number of carbonyl (C=O) groups is 11. The van der Waals surface area contributed by atoms with Gasteiger partial charge in [0.15, 0.2) is 6.61 Å². The van der Waals surface area contributed by atoms with E-state index in [0.717, 1.165) is 14.7 Å². The van der Waals surface area contributed by atoms with Gasteiger partial charge in [-0.15, -0.1) is 0 Å². The molecule has 0 spiro atoms.